The Labute approximate surface area is 110 Å². The van der Waals surface area contributed by atoms with Gasteiger partial charge in [0.1, 0.15) is 0 Å². The number of rotatable bonds is 3. The van der Waals surface area contributed by atoms with Crippen LogP contribution in [0.1, 0.15) is 44.9 Å². The molecule has 1 aliphatic carbocycles. The second-order valence-electron chi connectivity index (χ2n) is 5.16. The number of hydrogen-bond acceptors (Lipinski definition) is 3. The number of ether oxygens (including phenoxy) is 1. The summed E-state index contributed by atoms with van der Waals surface area (Å²) in [4.78, 5) is 11.8. The molecule has 17 heavy (non-hydrogen) atoms. The minimum Gasteiger partial charge on any atom is -0.465 e. The minimum atomic E-state index is 0. The standard InChI is InChI=1S/C13H23NO2.ClH/c15-13(12-6-8-14-9-7-12)16-10-11-4-2-1-3-5-11;/h11-12,14H,1-10H2;1H. The van der Waals surface area contributed by atoms with Gasteiger partial charge in [-0.15, -0.1) is 12.4 Å². The lowest BCUT2D eigenvalue weighted by molar-refractivity contribution is -0.151. The van der Waals surface area contributed by atoms with E-state index in [0.29, 0.717) is 12.5 Å². The van der Waals surface area contributed by atoms with Gasteiger partial charge in [0.25, 0.3) is 0 Å². The third-order valence-corrected chi connectivity index (χ3v) is 3.86. The number of carbonyl (C=O) groups excluding carboxylic acids is 1. The molecular formula is C13H24ClNO2. The van der Waals surface area contributed by atoms with Gasteiger partial charge in [-0.05, 0) is 44.7 Å². The zero-order chi connectivity index (χ0) is 11.2. The van der Waals surface area contributed by atoms with Gasteiger partial charge in [0.05, 0.1) is 12.5 Å². The molecule has 0 spiro atoms. The summed E-state index contributed by atoms with van der Waals surface area (Å²) >= 11 is 0. The van der Waals surface area contributed by atoms with Gasteiger partial charge >= 0.3 is 5.97 Å². The van der Waals surface area contributed by atoms with Crippen molar-refractivity contribution in [1.82, 2.24) is 5.32 Å². The van der Waals surface area contributed by atoms with Crippen molar-refractivity contribution in [2.75, 3.05) is 19.7 Å². The highest BCUT2D eigenvalue weighted by Gasteiger charge is 2.23. The first-order chi connectivity index (χ1) is 7.86. The number of esters is 1. The van der Waals surface area contributed by atoms with Crippen LogP contribution in [0.15, 0.2) is 0 Å². The largest absolute Gasteiger partial charge is 0.465 e. The van der Waals surface area contributed by atoms with E-state index >= 15 is 0 Å². The van der Waals surface area contributed by atoms with Gasteiger partial charge < -0.3 is 10.1 Å². The van der Waals surface area contributed by atoms with Crippen LogP contribution in [-0.2, 0) is 9.53 Å². The quantitative estimate of drug-likeness (QED) is 0.794. The molecule has 1 saturated carbocycles. The van der Waals surface area contributed by atoms with Crippen LogP contribution < -0.4 is 5.32 Å². The van der Waals surface area contributed by atoms with E-state index in [1.807, 2.05) is 0 Å². The Morgan fingerprint density at radius 1 is 1.06 bits per heavy atom. The topological polar surface area (TPSA) is 38.3 Å². The van der Waals surface area contributed by atoms with Crippen LogP contribution in [0.2, 0.25) is 0 Å². The van der Waals surface area contributed by atoms with Crippen LogP contribution in [0.3, 0.4) is 0 Å². The van der Waals surface area contributed by atoms with E-state index in [4.69, 9.17) is 4.74 Å². The Morgan fingerprint density at radius 2 is 1.71 bits per heavy atom. The van der Waals surface area contributed by atoms with Crippen molar-refractivity contribution >= 4 is 18.4 Å². The number of halogens is 1. The van der Waals surface area contributed by atoms with Crippen LogP contribution in [-0.4, -0.2) is 25.7 Å². The maximum Gasteiger partial charge on any atom is 0.309 e. The van der Waals surface area contributed by atoms with Gasteiger partial charge in [-0.3, -0.25) is 4.79 Å². The Kier molecular flexibility index (Phi) is 6.90. The van der Waals surface area contributed by atoms with Crippen LogP contribution in [0.5, 0.6) is 0 Å². The highest BCUT2D eigenvalue weighted by atomic mass is 35.5. The molecule has 1 N–H and O–H groups in total. The molecule has 2 fully saturated rings. The average Bonchev–Trinajstić information content (AvgIpc) is 2.38. The van der Waals surface area contributed by atoms with Gasteiger partial charge in [0.2, 0.25) is 0 Å². The fraction of sp³-hybridized carbons (Fsp3) is 0.923. The van der Waals surface area contributed by atoms with Crippen molar-refractivity contribution < 1.29 is 9.53 Å². The third kappa shape index (κ3) is 4.84. The highest BCUT2D eigenvalue weighted by Crippen LogP contribution is 2.24. The van der Waals surface area contributed by atoms with Gasteiger partial charge in [-0.1, -0.05) is 19.3 Å². The molecule has 1 heterocycles. The highest BCUT2D eigenvalue weighted by molar-refractivity contribution is 5.85. The number of carbonyl (C=O) groups is 1. The molecule has 0 amide bonds. The lowest BCUT2D eigenvalue weighted by Crippen LogP contribution is -2.33. The predicted octanol–water partition coefficient (Wildman–Crippen LogP) is 2.53. The molecule has 0 bridgehead atoms. The van der Waals surface area contributed by atoms with Gasteiger partial charge in [0, 0.05) is 0 Å². The summed E-state index contributed by atoms with van der Waals surface area (Å²) in [6.07, 6.45) is 8.38. The van der Waals surface area contributed by atoms with E-state index in [-0.39, 0.29) is 24.3 Å². The summed E-state index contributed by atoms with van der Waals surface area (Å²) in [7, 11) is 0. The summed E-state index contributed by atoms with van der Waals surface area (Å²) < 4.78 is 5.45. The first kappa shape index (κ1) is 14.8. The first-order valence-electron chi connectivity index (χ1n) is 6.73. The van der Waals surface area contributed by atoms with Crippen LogP contribution in [0.4, 0.5) is 0 Å². The molecule has 2 rings (SSSR count). The predicted molar refractivity (Wildman–Crippen MR) is 70.4 cm³/mol. The van der Waals surface area contributed by atoms with Crippen molar-refractivity contribution in [3.05, 3.63) is 0 Å². The average molecular weight is 262 g/mol. The number of hydrogen-bond donors (Lipinski definition) is 1. The van der Waals surface area contributed by atoms with Gasteiger partial charge in [0.15, 0.2) is 0 Å². The molecule has 100 valence electrons. The maximum atomic E-state index is 11.8. The Morgan fingerprint density at radius 3 is 2.35 bits per heavy atom. The van der Waals surface area contributed by atoms with E-state index in [0.717, 1.165) is 25.9 Å². The number of piperidine rings is 1. The second kappa shape index (κ2) is 7.93. The summed E-state index contributed by atoms with van der Waals surface area (Å²) in [5.74, 6) is 0.844. The van der Waals surface area contributed by atoms with E-state index in [2.05, 4.69) is 5.32 Å². The van der Waals surface area contributed by atoms with Crippen molar-refractivity contribution in [2.45, 2.75) is 44.9 Å². The number of nitrogens with one attached hydrogen (secondary N) is 1. The first-order valence-corrected chi connectivity index (χ1v) is 6.73. The Bertz CT molecular complexity index is 223. The fourth-order valence-corrected chi connectivity index (χ4v) is 2.73. The zero-order valence-electron chi connectivity index (χ0n) is 10.5. The third-order valence-electron chi connectivity index (χ3n) is 3.86. The van der Waals surface area contributed by atoms with E-state index in [1.54, 1.807) is 0 Å². The lowest BCUT2D eigenvalue weighted by atomic mass is 9.90. The Hall–Kier alpha value is -0.280. The molecule has 3 nitrogen and oxygen atoms in total. The molecule has 4 heteroatoms. The normalized spacial score (nSPS) is 22.8. The molecule has 1 saturated heterocycles. The molecule has 0 aromatic carbocycles. The van der Waals surface area contributed by atoms with Crippen LogP contribution in [0.25, 0.3) is 0 Å². The van der Waals surface area contributed by atoms with Crippen molar-refractivity contribution in [1.29, 1.82) is 0 Å². The SMILES string of the molecule is Cl.O=C(OCC1CCCCC1)C1CCNCC1. The molecule has 0 aromatic rings. The van der Waals surface area contributed by atoms with E-state index in [1.165, 1.54) is 32.1 Å². The summed E-state index contributed by atoms with van der Waals surface area (Å²) in [6, 6.07) is 0. The molecule has 1 aliphatic heterocycles. The van der Waals surface area contributed by atoms with E-state index in [9.17, 15) is 4.79 Å². The minimum absolute atomic E-state index is 0. The zero-order valence-corrected chi connectivity index (χ0v) is 11.3. The smallest absolute Gasteiger partial charge is 0.309 e. The summed E-state index contributed by atoms with van der Waals surface area (Å²) in [6.45, 7) is 2.59. The van der Waals surface area contributed by atoms with E-state index < -0.39 is 0 Å². The molecule has 0 radical (unpaired) electrons. The summed E-state index contributed by atoms with van der Waals surface area (Å²) in [5.41, 5.74) is 0. The molecule has 2 aliphatic rings. The maximum absolute atomic E-state index is 11.8. The van der Waals surface area contributed by atoms with Crippen molar-refractivity contribution in [3.63, 3.8) is 0 Å². The van der Waals surface area contributed by atoms with Crippen molar-refractivity contribution in [2.24, 2.45) is 11.8 Å². The second-order valence-corrected chi connectivity index (χ2v) is 5.16. The van der Waals surface area contributed by atoms with Crippen LogP contribution in [0, 0.1) is 11.8 Å². The summed E-state index contributed by atoms with van der Waals surface area (Å²) in [5, 5.41) is 3.27. The molecule has 0 atom stereocenters. The van der Waals surface area contributed by atoms with Crippen molar-refractivity contribution in [3.8, 4) is 0 Å². The lowest BCUT2D eigenvalue weighted by Gasteiger charge is -2.24. The monoisotopic (exact) mass is 261 g/mol. The van der Waals surface area contributed by atoms with Crippen LogP contribution >= 0.6 is 12.4 Å². The molecular weight excluding hydrogens is 238 g/mol. The van der Waals surface area contributed by atoms with Gasteiger partial charge in [-0.2, -0.15) is 0 Å². The molecule has 0 unspecified atom stereocenters. The molecule has 0 aromatic heterocycles. The van der Waals surface area contributed by atoms with Gasteiger partial charge in [-0.25, -0.2) is 0 Å². The Balaban J connectivity index is 0.00000144. The fourth-order valence-electron chi connectivity index (χ4n) is 2.73.